The predicted octanol–water partition coefficient (Wildman–Crippen LogP) is 14.3. The van der Waals surface area contributed by atoms with Gasteiger partial charge in [0.05, 0.1) is 11.4 Å². The highest BCUT2D eigenvalue weighted by atomic mass is 15.0. The SMILES string of the molecule is c1ccc(-c2cccc(-c3c4ccccc4c(-c4ccc5ccccc5c4)c4cc(-n5c(-c6ccccc6)ccc5-c5ccccc5)ccc34)c2)cc1. The quantitative estimate of drug-likeness (QED) is 0.155. The minimum atomic E-state index is 1.13. The molecule has 1 aromatic heterocycles. The molecule has 0 saturated heterocycles. The fourth-order valence-corrected chi connectivity index (χ4v) is 8.14. The Hall–Kier alpha value is -6.96. The molecule has 248 valence electrons. The van der Waals surface area contributed by atoms with E-state index in [1.54, 1.807) is 0 Å². The third kappa shape index (κ3) is 5.42. The second-order valence-corrected chi connectivity index (χ2v) is 13.7. The van der Waals surface area contributed by atoms with Gasteiger partial charge in [-0.1, -0.05) is 176 Å². The smallest absolute Gasteiger partial charge is 0.0535 e. The van der Waals surface area contributed by atoms with Crippen molar-refractivity contribution < 1.29 is 0 Å². The minimum Gasteiger partial charge on any atom is -0.309 e. The maximum absolute atomic E-state index is 2.43. The van der Waals surface area contributed by atoms with Crippen LogP contribution in [0.3, 0.4) is 0 Å². The topological polar surface area (TPSA) is 4.93 Å². The van der Waals surface area contributed by atoms with Crippen molar-refractivity contribution in [2.45, 2.75) is 0 Å². The highest BCUT2D eigenvalue weighted by Crippen LogP contribution is 2.46. The monoisotopic (exact) mass is 673 g/mol. The Kier molecular flexibility index (Phi) is 7.55. The minimum absolute atomic E-state index is 1.13. The average Bonchev–Trinajstić information content (AvgIpc) is 3.69. The van der Waals surface area contributed by atoms with Crippen LogP contribution in [0.1, 0.15) is 0 Å². The lowest BCUT2D eigenvalue weighted by Gasteiger charge is -2.21. The van der Waals surface area contributed by atoms with Crippen molar-refractivity contribution in [2.24, 2.45) is 0 Å². The van der Waals surface area contributed by atoms with E-state index in [-0.39, 0.29) is 0 Å². The van der Waals surface area contributed by atoms with E-state index in [9.17, 15) is 0 Å². The van der Waals surface area contributed by atoms with Gasteiger partial charge in [0.25, 0.3) is 0 Å². The molecule has 0 aliphatic rings. The normalized spacial score (nSPS) is 11.4. The number of hydrogen-bond donors (Lipinski definition) is 0. The van der Waals surface area contributed by atoms with Crippen molar-refractivity contribution in [3.8, 4) is 61.6 Å². The van der Waals surface area contributed by atoms with Gasteiger partial charge in [0.1, 0.15) is 0 Å². The molecule has 1 nitrogen and oxygen atoms in total. The van der Waals surface area contributed by atoms with Crippen LogP contribution >= 0.6 is 0 Å². The summed E-state index contributed by atoms with van der Waals surface area (Å²) in [5.41, 5.74) is 13.2. The van der Waals surface area contributed by atoms with Crippen LogP contribution in [-0.2, 0) is 0 Å². The second kappa shape index (κ2) is 13.0. The molecule has 0 radical (unpaired) electrons. The Morgan fingerprint density at radius 2 is 0.736 bits per heavy atom. The van der Waals surface area contributed by atoms with Gasteiger partial charge in [0, 0.05) is 5.69 Å². The van der Waals surface area contributed by atoms with Gasteiger partial charge in [-0.25, -0.2) is 0 Å². The molecule has 0 atom stereocenters. The predicted molar refractivity (Wildman–Crippen MR) is 225 cm³/mol. The second-order valence-electron chi connectivity index (χ2n) is 13.7. The third-order valence-electron chi connectivity index (χ3n) is 10.6. The summed E-state index contributed by atoms with van der Waals surface area (Å²) in [5, 5.41) is 7.43. The van der Waals surface area contributed by atoms with Gasteiger partial charge in [0.15, 0.2) is 0 Å². The van der Waals surface area contributed by atoms with E-state index in [0.29, 0.717) is 0 Å². The number of fused-ring (bicyclic) bond motifs is 3. The highest BCUT2D eigenvalue weighted by Gasteiger charge is 2.20. The average molecular weight is 674 g/mol. The molecule has 0 spiro atoms. The first-order valence-corrected chi connectivity index (χ1v) is 18.3. The Morgan fingerprint density at radius 1 is 0.245 bits per heavy atom. The zero-order valence-corrected chi connectivity index (χ0v) is 29.2. The van der Waals surface area contributed by atoms with Crippen molar-refractivity contribution in [1.82, 2.24) is 4.57 Å². The summed E-state index contributed by atoms with van der Waals surface area (Å²) in [6.45, 7) is 0. The van der Waals surface area contributed by atoms with Crippen LogP contribution in [0.4, 0.5) is 0 Å². The standard InChI is InChI=1S/C52H35N/c1-4-15-36(16-5-1)41-23-14-24-42(33-41)51-45-25-12-13-26-46(45)52(43-28-27-37-17-10-11-22-40(37)34-43)48-35-44(29-30-47(48)51)53-49(38-18-6-2-7-19-38)31-32-50(53)39-20-8-3-9-21-39/h1-35H. The summed E-state index contributed by atoms with van der Waals surface area (Å²) in [5.74, 6) is 0. The van der Waals surface area contributed by atoms with Crippen LogP contribution in [0.25, 0.3) is 93.9 Å². The van der Waals surface area contributed by atoms with Gasteiger partial charge >= 0.3 is 0 Å². The molecular formula is C52H35N. The zero-order valence-electron chi connectivity index (χ0n) is 29.2. The molecule has 0 fully saturated rings. The largest absolute Gasteiger partial charge is 0.309 e. The molecule has 0 bridgehead atoms. The molecule has 1 heteroatoms. The van der Waals surface area contributed by atoms with E-state index < -0.39 is 0 Å². The van der Waals surface area contributed by atoms with Crippen molar-refractivity contribution in [3.05, 3.63) is 212 Å². The van der Waals surface area contributed by atoms with Crippen LogP contribution in [0.2, 0.25) is 0 Å². The Morgan fingerprint density at radius 3 is 1.40 bits per heavy atom. The van der Waals surface area contributed by atoms with Crippen molar-refractivity contribution >= 4 is 32.3 Å². The van der Waals surface area contributed by atoms with Gasteiger partial charge in [-0.05, 0) is 113 Å². The molecule has 0 aliphatic carbocycles. The number of rotatable bonds is 6. The van der Waals surface area contributed by atoms with E-state index in [2.05, 4.69) is 217 Å². The lowest BCUT2D eigenvalue weighted by molar-refractivity contribution is 1.10. The number of benzene rings is 9. The number of nitrogens with zero attached hydrogens (tertiary/aromatic N) is 1. The van der Waals surface area contributed by atoms with Crippen LogP contribution in [0, 0.1) is 0 Å². The summed E-state index contributed by atoms with van der Waals surface area (Å²) in [6, 6.07) is 77.3. The maximum atomic E-state index is 2.43. The molecule has 53 heavy (non-hydrogen) atoms. The molecule has 0 aliphatic heterocycles. The van der Waals surface area contributed by atoms with Gasteiger partial charge in [-0.2, -0.15) is 0 Å². The van der Waals surface area contributed by atoms with Crippen molar-refractivity contribution in [3.63, 3.8) is 0 Å². The molecule has 10 aromatic rings. The van der Waals surface area contributed by atoms with Gasteiger partial charge in [0.2, 0.25) is 0 Å². The van der Waals surface area contributed by atoms with Crippen molar-refractivity contribution in [1.29, 1.82) is 0 Å². The van der Waals surface area contributed by atoms with E-state index >= 15 is 0 Å². The van der Waals surface area contributed by atoms with E-state index in [1.807, 2.05) is 0 Å². The fourth-order valence-electron chi connectivity index (χ4n) is 8.14. The number of aromatic nitrogens is 1. The lowest BCUT2D eigenvalue weighted by atomic mass is 9.85. The van der Waals surface area contributed by atoms with Crippen LogP contribution in [-0.4, -0.2) is 4.57 Å². The molecule has 0 unspecified atom stereocenters. The molecule has 1 heterocycles. The molecule has 0 N–H and O–H groups in total. The molecule has 0 amide bonds. The Balaban J connectivity index is 1.31. The van der Waals surface area contributed by atoms with Gasteiger partial charge in [-0.15, -0.1) is 0 Å². The van der Waals surface area contributed by atoms with E-state index in [1.165, 1.54) is 76.8 Å². The summed E-state index contributed by atoms with van der Waals surface area (Å²) < 4.78 is 2.43. The van der Waals surface area contributed by atoms with Crippen molar-refractivity contribution in [2.75, 3.05) is 0 Å². The fraction of sp³-hybridized carbons (Fsp3) is 0. The van der Waals surface area contributed by atoms with Crippen LogP contribution in [0.5, 0.6) is 0 Å². The van der Waals surface area contributed by atoms with Gasteiger partial charge < -0.3 is 4.57 Å². The maximum Gasteiger partial charge on any atom is 0.0535 e. The Labute approximate surface area is 309 Å². The third-order valence-corrected chi connectivity index (χ3v) is 10.6. The molecular weight excluding hydrogens is 639 g/mol. The molecule has 9 aromatic carbocycles. The van der Waals surface area contributed by atoms with Crippen LogP contribution in [0.15, 0.2) is 212 Å². The van der Waals surface area contributed by atoms with Gasteiger partial charge in [-0.3, -0.25) is 0 Å². The first-order valence-electron chi connectivity index (χ1n) is 18.3. The highest BCUT2D eigenvalue weighted by molar-refractivity contribution is 6.22. The first-order chi connectivity index (χ1) is 26.3. The summed E-state index contributed by atoms with van der Waals surface area (Å²) in [4.78, 5) is 0. The Bertz CT molecular complexity index is 2860. The molecule has 0 saturated carbocycles. The van der Waals surface area contributed by atoms with Crippen LogP contribution < -0.4 is 0 Å². The lowest BCUT2D eigenvalue weighted by Crippen LogP contribution is -2.00. The summed E-state index contributed by atoms with van der Waals surface area (Å²) in [7, 11) is 0. The van der Waals surface area contributed by atoms with E-state index in [4.69, 9.17) is 0 Å². The first kappa shape index (κ1) is 30.8. The zero-order chi connectivity index (χ0) is 35.1. The number of hydrogen-bond acceptors (Lipinski definition) is 0. The molecule has 10 rings (SSSR count). The summed E-state index contributed by atoms with van der Waals surface area (Å²) >= 11 is 0. The van der Waals surface area contributed by atoms with E-state index in [0.717, 1.165) is 17.1 Å². The summed E-state index contributed by atoms with van der Waals surface area (Å²) in [6.07, 6.45) is 0.